The second-order valence-corrected chi connectivity index (χ2v) is 7.53. The number of aromatic nitrogens is 4. The molecule has 0 spiro atoms. The van der Waals surface area contributed by atoms with Crippen molar-refractivity contribution in [2.75, 3.05) is 18.8 Å². The normalized spacial score (nSPS) is 15.7. The van der Waals surface area contributed by atoms with Gasteiger partial charge in [-0.05, 0) is 12.3 Å². The lowest BCUT2D eigenvalue weighted by Gasteiger charge is -2.22. The van der Waals surface area contributed by atoms with Gasteiger partial charge in [0.2, 0.25) is 0 Å². The molecule has 3 rings (SSSR count). The largest absolute Gasteiger partial charge is 0.375 e. The van der Waals surface area contributed by atoms with E-state index in [0.29, 0.717) is 16.4 Å². The molecular weight excluding hydrogens is 338 g/mol. The van der Waals surface area contributed by atoms with Crippen LogP contribution in [0.5, 0.6) is 0 Å². The summed E-state index contributed by atoms with van der Waals surface area (Å²) in [7, 11) is 0. The molecule has 1 unspecified atom stereocenters. The van der Waals surface area contributed by atoms with E-state index in [9.17, 15) is 4.79 Å². The maximum absolute atomic E-state index is 12.8. The number of thiazole rings is 1. The number of fused-ring (bicyclic) bond motifs is 1. The minimum Gasteiger partial charge on any atom is -0.375 e. The molecule has 0 bridgehead atoms. The number of nitrogen functional groups attached to an aromatic ring is 1. The van der Waals surface area contributed by atoms with E-state index in [-0.39, 0.29) is 17.9 Å². The van der Waals surface area contributed by atoms with Gasteiger partial charge in [0.1, 0.15) is 10.7 Å². The molecule has 2 aromatic rings. The highest BCUT2D eigenvalue weighted by atomic mass is 32.1. The number of nitrogens with two attached hydrogens (primary N) is 1. The second-order valence-electron chi connectivity index (χ2n) is 6.50. The van der Waals surface area contributed by atoms with E-state index in [2.05, 4.69) is 44.2 Å². The Morgan fingerprint density at radius 3 is 2.92 bits per heavy atom. The highest BCUT2D eigenvalue weighted by Crippen LogP contribution is 2.25. The van der Waals surface area contributed by atoms with E-state index >= 15 is 0 Å². The molecule has 1 aliphatic rings. The zero-order valence-corrected chi connectivity index (χ0v) is 15.7. The molecule has 4 N–H and O–H groups in total. The van der Waals surface area contributed by atoms with Gasteiger partial charge in [-0.3, -0.25) is 4.79 Å². The Labute approximate surface area is 151 Å². The molecule has 1 atom stereocenters. The van der Waals surface area contributed by atoms with Crippen LogP contribution in [0.3, 0.4) is 0 Å². The molecular formula is C16H25N7OS. The van der Waals surface area contributed by atoms with Gasteiger partial charge in [-0.25, -0.2) is 4.98 Å². The third-order valence-corrected chi connectivity index (χ3v) is 5.31. The first-order valence-electron chi connectivity index (χ1n) is 8.70. The molecule has 25 heavy (non-hydrogen) atoms. The summed E-state index contributed by atoms with van der Waals surface area (Å²) in [6, 6.07) is -0.208. The number of hydrogen-bond donors (Lipinski definition) is 3. The van der Waals surface area contributed by atoms with Crippen LogP contribution in [0.4, 0.5) is 5.13 Å². The van der Waals surface area contributed by atoms with Gasteiger partial charge < -0.3 is 20.9 Å². The van der Waals surface area contributed by atoms with Crippen molar-refractivity contribution in [2.45, 2.75) is 46.2 Å². The van der Waals surface area contributed by atoms with Crippen molar-refractivity contribution < 1.29 is 4.79 Å². The number of amides is 1. The molecule has 1 aliphatic heterocycles. The number of carbonyl (C=O) groups is 1. The van der Waals surface area contributed by atoms with E-state index in [1.165, 1.54) is 11.3 Å². The summed E-state index contributed by atoms with van der Waals surface area (Å²) < 4.78 is 2.13. The first-order valence-corrected chi connectivity index (χ1v) is 9.51. The molecule has 0 aromatic carbocycles. The molecule has 8 nitrogen and oxygen atoms in total. The third-order valence-electron chi connectivity index (χ3n) is 4.38. The summed E-state index contributed by atoms with van der Waals surface area (Å²) in [5.41, 5.74) is 6.52. The standard InChI is InChI=1S/C16H25N7OS/c1-4-10-13(25-16(17)19-10)15(24)20-12(9(2)3)14-22-21-11-5-6-18-7-8-23(11)14/h9,12,18H,4-8H2,1-3H3,(H2,17,19)(H,20,24). The average molecular weight is 363 g/mol. The zero-order valence-electron chi connectivity index (χ0n) is 14.9. The number of nitrogens with one attached hydrogen (secondary N) is 2. The Morgan fingerprint density at radius 2 is 2.20 bits per heavy atom. The molecule has 136 valence electrons. The van der Waals surface area contributed by atoms with Gasteiger partial charge >= 0.3 is 0 Å². The monoisotopic (exact) mass is 363 g/mol. The average Bonchev–Trinajstić information content (AvgIpc) is 3.07. The van der Waals surface area contributed by atoms with Crippen LogP contribution in [-0.4, -0.2) is 38.7 Å². The molecule has 1 amide bonds. The predicted molar refractivity (Wildman–Crippen MR) is 97.5 cm³/mol. The van der Waals surface area contributed by atoms with Gasteiger partial charge in [0.25, 0.3) is 5.91 Å². The van der Waals surface area contributed by atoms with Crippen LogP contribution in [0, 0.1) is 5.92 Å². The Kier molecular flexibility index (Phi) is 5.33. The molecule has 0 saturated heterocycles. The van der Waals surface area contributed by atoms with Crippen LogP contribution in [0.1, 0.15) is 53.8 Å². The Bertz CT molecular complexity index is 752. The van der Waals surface area contributed by atoms with Crippen LogP contribution >= 0.6 is 11.3 Å². The number of rotatable bonds is 5. The van der Waals surface area contributed by atoms with Crippen LogP contribution in [0.15, 0.2) is 0 Å². The fourth-order valence-electron chi connectivity index (χ4n) is 3.05. The van der Waals surface area contributed by atoms with Crippen molar-refractivity contribution in [1.29, 1.82) is 0 Å². The Balaban J connectivity index is 1.87. The predicted octanol–water partition coefficient (Wildman–Crippen LogP) is 1.15. The van der Waals surface area contributed by atoms with Crippen LogP contribution in [-0.2, 0) is 19.4 Å². The number of hydrogen-bond acceptors (Lipinski definition) is 7. The lowest BCUT2D eigenvalue weighted by atomic mass is 10.0. The highest BCUT2D eigenvalue weighted by molar-refractivity contribution is 7.17. The topological polar surface area (TPSA) is 111 Å². The lowest BCUT2D eigenvalue weighted by Crippen LogP contribution is -2.34. The summed E-state index contributed by atoms with van der Waals surface area (Å²) >= 11 is 1.23. The number of anilines is 1. The van der Waals surface area contributed by atoms with E-state index in [0.717, 1.165) is 43.4 Å². The van der Waals surface area contributed by atoms with Crippen molar-refractivity contribution >= 4 is 22.4 Å². The summed E-state index contributed by atoms with van der Waals surface area (Å²) in [5.74, 6) is 1.83. The van der Waals surface area contributed by atoms with Crippen molar-refractivity contribution in [3.8, 4) is 0 Å². The van der Waals surface area contributed by atoms with Crippen LogP contribution in [0.2, 0.25) is 0 Å². The van der Waals surface area contributed by atoms with Gasteiger partial charge in [-0.15, -0.1) is 10.2 Å². The minimum absolute atomic E-state index is 0.145. The molecule has 0 saturated carbocycles. The van der Waals surface area contributed by atoms with E-state index in [1.54, 1.807) is 0 Å². The van der Waals surface area contributed by atoms with Gasteiger partial charge in [0.15, 0.2) is 11.0 Å². The summed E-state index contributed by atoms with van der Waals surface area (Å²) in [6.07, 6.45) is 1.52. The SMILES string of the molecule is CCc1nc(N)sc1C(=O)NC(c1nnc2n1CCNCC2)C(C)C. The number of aryl methyl sites for hydroxylation is 1. The third kappa shape index (κ3) is 3.67. The summed E-state index contributed by atoms with van der Waals surface area (Å²) in [6.45, 7) is 8.70. The zero-order chi connectivity index (χ0) is 18.0. The first kappa shape index (κ1) is 17.8. The van der Waals surface area contributed by atoms with Gasteiger partial charge in [0.05, 0.1) is 11.7 Å². The van der Waals surface area contributed by atoms with Gasteiger partial charge in [-0.2, -0.15) is 0 Å². The minimum atomic E-state index is -0.208. The van der Waals surface area contributed by atoms with Crippen molar-refractivity contribution in [3.05, 3.63) is 22.2 Å². The molecule has 9 heteroatoms. The highest BCUT2D eigenvalue weighted by Gasteiger charge is 2.28. The molecule has 0 aliphatic carbocycles. The molecule has 0 radical (unpaired) electrons. The van der Waals surface area contributed by atoms with E-state index in [4.69, 9.17) is 5.73 Å². The fraction of sp³-hybridized carbons (Fsp3) is 0.625. The Hall–Kier alpha value is -2.00. The van der Waals surface area contributed by atoms with Crippen LogP contribution in [0.25, 0.3) is 0 Å². The summed E-state index contributed by atoms with van der Waals surface area (Å²) in [4.78, 5) is 17.6. The van der Waals surface area contributed by atoms with E-state index in [1.807, 2.05) is 6.92 Å². The smallest absolute Gasteiger partial charge is 0.263 e. The van der Waals surface area contributed by atoms with Gasteiger partial charge in [-0.1, -0.05) is 32.1 Å². The quantitative estimate of drug-likeness (QED) is 0.735. The lowest BCUT2D eigenvalue weighted by molar-refractivity contribution is 0.0925. The number of carbonyl (C=O) groups excluding carboxylic acids is 1. The van der Waals surface area contributed by atoms with E-state index < -0.39 is 0 Å². The molecule has 3 heterocycles. The number of nitrogens with zero attached hydrogens (tertiary/aromatic N) is 4. The second kappa shape index (κ2) is 7.49. The van der Waals surface area contributed by atoms with Gasteiger partial charge in [0, 0.05) is 26.1 Å². The first-order chi connectivity index (χ1) is 12.0. The van der Waals surface area contributed by atoms with Crippen LogP contribution < -0.4 is 16.4 Å². The van der Waals surface area contributed by atoms with Crippen molar-refractivity contribution in [1.82, 2.24) is 30.4 Å². The van der Waals surface area contributed by atoms with Crippen molar-refractivity contribution in [3.63, 3.8) is 0 Å². The summed E-state index contributed by atoms with van der Waals surface area (Å²) in [5, 5.41) is 15.6. The molecule has 0 fully saturated rings. The maximum atomic E-state index is 12.8. The Morgan fingerprint density at radius 1 is 1.40 bits per heavy atom. The fourth-order valence-corrected chi connectivity index (χ4v) is 3.87. The maximum Gasteiger partial charge on any atom is 0.263 e. The molecule has 2 aromatic heterocycles. The van der Waals surface area contributed by atoms with Crippen molar-refractivity contribution in [2.24, 2.45) is 5.92 Å².